The van der Waals surface area contributed by atoms with Crippen LogP contribution in [0.4, 0.5) is 0 Å². The van der Waals surface area contributed by atoms with Crippen molar-refractivity contribution in [2.75, 3.05) is 6.79 Å². The van der Waals surface area contributed by atoms with Gasteiger partial charge in [-0.2, -0.15) is 0 Å². The van der Waals surface area contributed by atoms with E-state index in [0.29, 0.717) is 33.5 Å². The SMILES string of the molecule is O=C(OCc1cc(-c2ccc3c(c2)OCO3)on1)c1cccc(Cl)c1. The molecule has 0 amide bonds. The molecule has 1 aliphatic rings. The molecule has 1 aromatic heterocycles. The van der Waals surface area contributed by atoms with Crippen molar-refractivity contribution in [2.24, 2.45) is 0 Å². The van der Waals surface area contributed by atoms with Gasteiger partial charge in [0.05, 0.1) is 5.56 Å². The van der Waals surface area contributed by atoms with Crippen LogP contribution < -0.4 is 9.47 Å². The average molecular weight is 358 g/mol. The summed E-state index contributed by atoms with van der Waals surface area (Å²) in [7, 11) is 0. The van der Waals surface area contributed by atoms with Crippen LogP contribution in [0.5, 0.6) is 11.5 Å². The number of ether oxygens (including phenoxy) is 3. The summed E-state index contributed by atoms with van der Waals surface area (Å²) >= 11 is 5.86. The second-order valence-electron chi connectivity index (χ2n) is 5.34. The topological polar surface area (TPSA) is 70.8 Å². The van der Waals surface area contributed by atoms with E-state index in [2.05, 4.69) is 5.16 Å². The Hall–Kier alpha value is -2.99. The highest BCUT2D eigenvalue weighted by Gasteiger charge is 2.16. The summed E-state index contributed by atoms with van der Waals surface area (Å²) < 4.78 is 21.2. The number of hydrogen-bond donors (Lipinski definition) is 0. The predicted octanol–water partition coefficient (Wildman–Crippen LogP) is 4.08. The lowest BCUT2D eigenvalue weighted by molar-refractivity contribution is 0.0464. The average Bonchev–Trinajstić information content (AvgIpc) is 3.28. The third kappa shape index (κ3) is 3.29. The zero-order chi connectivity index (χ0) is 17.2. The summed E-state index contributed by atoms with van der Waals surface area (Å²) in [4.78, 5) is 12.0. The molecular weight excluding hydrogens is 346 g/mol. The minimum absolute atomic E-state index is 0.000597. The van der Waals surface area contributed by atoms with E-state index in [1.54, 1.807) is 36.4 Å². The number of fused-ring (bicyclic) bond motifs is 1. The fourth-order valence-corrected chi connectivity index (χ4v) is 2.59. The monoisotopic (exact) mass is 357 g/mol. The first-order chi connectivity index (χ1) is 12.2. The second-order valence-corrected chi connectivity index (χ2v) is 5.77. The van der Waals surface area contributed by atoms with Gasteiger partial charge in [-0.15, -0.1) is 0 Å². The van der Waals surface area contributed by atoms with Gasteiger partial charge in [-0.25, -0.2) is 4.79 Å². The Labute approximate surface area is 147 Å². The van der Waals surface area contributed by atoms with E-state index >= 15 is 0 Å². The highest BCUT2D eigenvalue weighted by molar-refractivity contribution is 6.30. The van der Waals surface area contributed by atoms with Gasteiger partial charge in [0.25, 0.3) is 0 Å². The number of aromatic nitrogens is 1. The van der Waals surface area contributed by atoms with E-state index < -0.39 is 5.97 Å². The summed E-state index contributed by atoms with van der Waals surface area (Å²) in [5, 5.41) is 4.39. The predicted molar refractivity (Wildman–Crippen MR) is 88.6 cm³/mol. The number of halogens is 1. The van der Waals surface area contributed by atoms with Gasteiger partial charge in [0.1, 0.15) is 12.3 Å². The van der Waals surface area contributed by atoms with Gasteiger partial charge in [-0.05, 0) is 36.4 Å². The highest BCUT2D eigenvalue weighted by atomic mass is 35.5. The van der Waals surface area contributed by atoms with Gasteiger partial charge in [-0.1, -0.05) is 22.8 Å². The maximum atomic E-state index is 12.0. The quantitative estimate of drug-likeness (QED) is 0.655. The van der Waals surface area contributed by atoms with Crippen LogP contribution in [0.15, 0.2) is 53.1 Å². The first kappa shape index (κ1) is 15.5. The van der Waals surface area contributed by atoms with E-state index in [1.165, 1.54) is 0 Å². The molecule has 0 radical (unpaired) electrons. The maximum Gasteiger partial charge on any atom is 0.338 e. The summed E-state index contributed by atoms with van der Waals surface area (Å²) in [6.07, 6.45) is 0. The van der Waals surface area contributed by atoms with Crippen LogP contribution in [0, 0.1) is 0 Å². The Morgan fingerprint density at radius 2 is 2.00 bits per heavy atom. The lowest BCUT2D eigenvalue weighted by Crippen LogP contribution is -2.05. The molecule has 2 heterocycles. The van der Waals surface area contributed by atoms with Gasteiger partial charge in [0, 0.05) is 16.7 Å². The zero-order valence-corrected chi connectivity index (χ0v) is 13.7. The summed E-state index contributed by atoms with van der Waals surface area (Å²) in [5.41, 5.74) is 1.68. The zero-order valence-electron chi connectivity index (χ0n) is 12.9. The molecule has 1 aliphatic heterocycles. The Balaban J connectivity index is 1.44. The molecule has 0 unspecified atom stereocenters. The molecule has 7 heteroatoms. The van der Waals surface area contributed by atoms with Gasteiger partial charge >= 0.3 is 5.97 Å². The largest absolute Gasteiger partial charge is 0.455 e. The number of rotatable bonds is 4. The van der Waals surface area contributed by atoms with Crippen LogP contribution in [0.25, 0.3) is 11.3 Å². The van der Waals surface area contributed by atoms with Crippen LogP contribution in [0.1, 0.15) is 16.1 Å². The first-order valence-electron chi connectivity index (χ1n) is 7.47. The Morgan fingerprint density at radius 1 is 1.12 bits per heavy atom. The molecule has 0 N–H and O–H groups in total. The third-order valence-electron chi connectivity index (χ3n) is 3.63. The van der Waals surface area contributed by atoms with Crippen molar-refractivity contribution in [1.82, 2.24) is 5.16 Å². The lowest BCUT2D eigenvalue weighted by Gasteiger charge is -2.02. The number of esters is 1. The van der Waals surface area contributed by atoms with E-state index in [-0.39, 0.29) is 13.4 Å². The number of hydrogen-bond acceptors (Lipinski definition) is 6. The second kappa shape index (κ2) is 6.49. The molecule has 0 spiro atoms. The lowest BCUT2D eigenvalue weighted by atomic mass is 10.1. The summed E-state index contributed by atoms with van der Waals surface area (Å²) in [5.74, 6) is 1.42. The van der Waals surface area contributed by atoms with Gasteiger partial charge in [-0.3, -0.25) is 0 Å². The molecule has 0 bridgehead atoms. The fourth-order valence-electron chi connectivity index (χ4n) is 2.40. The van der Waals surface area contributed by atoms with E-state index in [0.717, 1.165) is 5.56 Å². The standard InChI is InChI=1S/C18H12ClNO5/c19-13-3-1-2-12(6-13)18(21)22-9-14-8-16(25-20-14)11-4-5-15-17(7-11)24-10-23-15/h1-8H,9-10H2. The van der Waals surface area contributed by atoms with Crippen molar-refractivity contribution in [3.05, 3.63) is 64.8 Å². The first-order valence-corrected chi connectivity index (χ1v) is 7.85. The van der Waals surface area contributed by atoms with Crippen molar-refractivity contribution >= 4 is 17.6 Å². The van der Waals surface area contributed by atoms with E-state index in [1.807, 2.05) is 12.1 Å². The maximum absolute atomic E-state index is 12.0. The minimum atomic E-state index is -0.477. The van der Waals surface area contributed by atoms with Crippen LogP contribution in [0.2, 0.25) is 5.02 Å². The number of carbonyl (C=O) groups is 1. The Bertz CT molecular complexity index is 937. The van der Waals surface area contributed by atoms with Crippen LogP contribution in [-0.4, -0.2) is 17.9 Å². The highest BCUT2D eigenvalue weighted by Crippen LogP contribution is 2.36. The van der Waals surface area contributed by atoms with Gasteiger partial charge in [0.2, 0.25) is 6.79 Å². The van der Waals surface area contributed by atoms with E-state index in [4.69, 9.17) is 30.3 Å². The molecule has 25 heavy (non-hydrogen) atoms. The molecule has 4 rings (SSSR count). The fraction of sp³-hybridized carbons (Fsp3) is 0.111. The Morgan fingerprint density at radius 3 is 2.88 bits per heavy atom. The summed E-state index contributed by atoms with van der Waals surface area (Å²) in [6.45, 7) is 0.208. The van der Waals surface area contributed by atoms with Crippen molar-refractivity contribution in [3.8, 4) is 22.8 Å². The molecule has 126 valence electrons. The summed E-state index contributed by atoms with van der Waals surface area (Å²) in [6, 6.07) is 13.7. The van der Waals surface area contributed by atoms with Crippen molar-refractivity contribution in [1.29, 1.82) is 0 Å². The molecule has 0 saturated carbocycles. The molecule has 6 nitrogen and oxygen atoms in total. The van der Waals surface area contributed by atoms with Crippen LogP contribution in [-0.2, 0) is 11.3 Å². The molecule has 0 aliphatic carbocycles. The van der Waals surface area contributed by atoms with Crippen molar-refractivity contribution in [2.45, 2.75) is 6.61 Å². The van der Waals surface area contributed by atoms with Crippen LogP contribution >= 0.6 is 11.6 Å². The minimum Gasteiger partial charge on any atom is -0.455 e. The number of carbonyl (C=O) groups excluding carboxylic acids is 1. The molecular formula is C18H12ClNO5. The molecule has 0 fully saturated rings. The smallest absolute Gasteiger partial charge is 0.338 e. The molecule has 0 atom stereocenters. The molecule has 2 aromatic carbocycles. The van der Waals surface area contributed by atoms with Gasteiger partial charge < -0.3 is 18.7 Å². The number of nitrogens with zero attached hydrogens (tertiary/aromatic N) is 1. The van der Waals surface area contributed by atoms with Crippen LogP contribution in [0.3, 0.4) is 0 Å². The number of benzene rings is 2. The van der Waals surface area contributed by atoms with E-state index in [9.17, 15) is 4.79 Å². The van der Waals surface area contributed by atoms with Crippen molar-refractivity contribution in [3.63, 3.8) is 0 Å². The third-order valence-corrected chi connectivity index (χ3v) is 3.86. The van der Waals surface area contributed by atoms with Crippen molar-refractivity contribution < 1.29 is 23.5 Å². The Kier molecular flexibility index (Phi) is 4.03. The molecule has 3 aromatic rings. The normalized spacial score (nSPS) is 12.2. The van der Waals surface area contributed by atoms with Gasteiger partial charge in [0.15, 0.2) is 17.3 Å². The molecule has 0 saturated heterocycles.